The molecule has 0 aromatic rings. The van der Waals surface area contributed by atoms with Gasteiger partial charge in [0.15, 0.2) is 0 Å². The van der Waals surface area contributed by atoms with E-state index in [9.17, 15) is 0 Å². The lowest BCUT2D eigenvalue weighted by Gasteiger charge is -2.27. The molecule has 0 amide bonds. The highest BCUT2D eigenvalue weighted by Crippen LogP contribution is 2.37. The molecule has 1 N–H and O–H groups in total. The highest BCUT2D eigenvalue weighted by Gasteiger charge is 2.45. The minimum atomic E-state index is -0.0152. The van der Waals surface area contributed by atoms with Crippen LogP contribution in [0.25, 0.3) is 0 Å². The van der Waals surface area contributed by atoms with Gasteiger partial charge in [-0.1, -0.05) is 6.92 Å². The molecule has 0 aromatic heterocycles. The Balaban J connectivity index is 2.54. The lowest BCUT2D eigenvalue weighted by atomic mass is 9.94. The lowest BCUT2D eigenvalue weighted by Crippen LogP contribution is -2.43. The second kappa shape index (κ2) is 3.58. The molecule has 0 spiro atoms. The van der Waals surface area contributed by atoms with Gasteiger partial charge in [-0.15, -0.1) is 0 Å². The predicted octanol–water partition coefficient (Wildman–Crippen LogP) is 2.33. The van der Waals surface area contributed by atoms with Crippen molar-refractivity contribution >= 4 is 0 Å². The summed E-state index contributed by atoms with van der Waals surface area (Å²) in [6, 6.07) is 0.502. The summed E-state index contributed by atoms with van der Waals surface area (Å²) in [6.07, 6.45) is 2.30. The number of hydrogen-bond donors (Lipinski definition) is 1. The van der Waals surface area contributed by atoms with E-state index in [0.717, 1.165) is 13.0 Å². The summed E-state index contributed by atoms with van der Waals surface area (Å²) in [7, 11) is 0. The topological polar surface area (TPSA) is 21.3 Å². The van der Waals surface area contributed by atoms with Crippen molar-refractivity contribution in [1.82, 2.24) is 5.32 Å². The fraction of sp³-hybridized carbons (Fsp3) is 1.00. The van der Waals surface area contributed by atoms with E-state index in [0.29, 0.717) is 6.04 Å². The van der Waals surface area contributed by atoms with Crippen LogP contribution in [-0.4, -0.2) is 23.8 Å². The quantitative estimate of drug-likeness (QED) is 0.728. The molecule has 0 saturated carbocycles. The van der Waals surface area contributed by atoms with Crippen molar-refractivity contribution < 1.29 is 4.74 Å². The lowest BCUT2D eigenvalue weighted by molar-refractivity contribution is -0.0697. The van der Waals surface area contributed by atoms with Gasteiger partial charge in [0.1, 0.15) is 0 Å². The Labute approximate surface area is 82.0 Å². The molecule has 2 nitrogen and oxygen atoms in total. The van der Waals surface area contributed by atoms with Crippen molar-refractivity contribution in [2.24, 2.45) is 0 Å². The van der Waals surface area contributed by atoms with Crippen LogP contribution in [0.3, 0.4) is 0 Å². The van der Waals surface area contributed by atoms with E-state index in [4.69, 9.17) is 4.74 Å². The monoisotopic (exact) mass is 185 g/mol. The molecule has 0 unspecified atom stereocenters. The molecule has 1 fully saturated rings. The second-order valence-corrected chi connectivity index (χ2v) is 5.18. The molecule has 0 bridgehead atoms. The third-order valence-corrected chi connectivity index (χ3v) is 2.71. The van der Waals surface area contributed by atoms with E-state index in [2.05, 4.69) is 39.9 Å². The van der Waals surface area contributed by atoms with Gasteiger partial charge in [-0.3, -0.25) is 0 Å². The summed E-state index contributed by atoms with van der Waals surface area (Å²) in [6.45, 7) is 12.0. The molecule has 0 aromatic carbocycles. The van der Waals surface area contributed by atoms with E-state index in [-0.39, 0.29) is 11.2 Å². The zero-order chi connectivity index (χ0) is 10.1. The normalized spacial score (nSPS) is 30.7. The Morgan fingerprint density at radius 1 is 1.31 bits per heavy atom. The van der Waals surface area contributed by atoms with Gasteiger partial charge in [-0.2, -0.15) is 0 Å². The van der Waals surface area contributed by atoms with Crippen molar-refractivity contribution in [3.05, 3.63) is 0 Å². The van der Waals surface area contributed by atoms with Crippen LogP contribution in [0.5, 0.6) is 0 Å². The number of rotatable bonds is 3. The molecule has 1 aliphatic rings. The summed E-state index contributed by atoms with van der Waals surface area (Å²) >= 11 is 0. The average Bonchev–Trinajstić information content (AvgIpc) is 2.14. The van der Waals surface area contributed by atoms with Gasteiger partial charge in [-0.05, 0) is 47.1 Å². The van der Waals surface area contributed by atoms with Gasteiger partial charge in [0.2, 0.25) is 0 Å². The molecule has 1 saturated heterocycles. The average molecular weight is 185 g/mol. The number of nitrogens with one attached hydrogen (secondary N) is 1. The molecule has 1 aliphatic heterocycles. The Bertz CT molecular complexity index is 175. The molecule has 0 radical (unpaired) electrons. The maximum absolute atomic E-state index is 5.98. The summed E-state index contributed by atoms with van der Waals surface area (Å²) in [5, 5.41) is 3.55. The second-order valence-electron chi connectivity index (χ2n) is 5.18. The predicted molar refractivity (Wildman–Crippen MR) is 55.9 cm³/mol. The molecule has 1 atom stereocenters. The zero-order valence-electron chi connectivity index (χ0n) is 9.61. The van der Waals surface area contributed by atoms with Gasteiger partial charge in [0, 0.05) is 6.04 Å². The van der Waals surface area contributed by atoms with E-state index in [1.807, 2.05) is 0 Å². The maximum Gasteiger partial charge on any atom is 0.0787 e. The van der Waals surface area contributed by atoms with Gasteiger partial charge in [0.25, 0.3) is 0 Å². The van der Waals surface area contributed by atoms with Gasteiger partial charge in [-0.25, -0.2) is 0 Å². The fourth-order valence-corrected chi connectivity index (χ4v) is 2.20. The molecule has 78 valence electrons. The van der Waals surface area contributed by atoms with Crippen molar-refractivity contribution in [2.75, 3.05) is 6.54 Å². The highest BCUT2D eigenvalue weighted by molar-refractivity contribution is 4.98. The smallest absolute Gasteiger partial charge is 0.0787 e. The minimum absolute atomic E-state index is 0.0152. The van der Waals surface area contributed by atoms with E-state index in [1.165, 1.54) is 6.42 Å². The molecule has 1 rings (SSSR count). The molecule has 0 aliphatic carbocycles. The first-order chi connectivity index (χ1) is 5.87. The van der Waals surface area contributed by atoms with E-state index >= 15 is 0 Å². The third kappa shape index (κ3) is 2.68. The van der Waals surface area contributed by atoms with Crippen LogP contribution >= 0.6 is 0 Å². The van der Waals surface area contributed by atoms with Crippen LogP contribution < -0.4 is 5.32 Å². The molecule has 13 heavy (non-hydrogen) atoms. The highest BCUT2D eigenvalue weighted by atomic mass is 16.5. The summed E-state index contributed by atoms with van der Waals surface area (Å²) < 4.78 is 5.98. The Kier molecular flexibility index (Phi) is 3.03. The number of ether oxygens (including phenoxy) is 1. The van der Waals surface area contributed by atoms with E-state index in [1.54, 1.807) is 0 Å². The van der Waals surface area contributed by atoms with Crippen LogP contribution in [-0.2, 0) is 4.74 Å². The molecular formula is C11H23NO. The SMILES string of the molecule is CCCN[C@H]1CC(C)(C)OC1(C)C. The van der Waals surface area contributed by atoms with Crippen molar-refractivity contribution in [3.63, 3.8) is 0 Å². The van der Waals surface area contributed by atoms with Crippen LogP contribution in [0.2, 0.25) is 0 Å². The summed E-state index contributed by atoms with van der Waals surface area (Å²) in [5.74, 6) is 0. The molecule has 2 heteroatoms. The van der Waals surface area contributed by atoms with Gasteiger partial charge >= 0.3 is 0 Å². The van der Waals surface area contributed by atoms with Crippen LogP contribution in [0.15, 0.2) is 0 Å². The molecular weight excluding hydrogens is 162 g/mol. The molecule has 1 heterocycles. The maximum atomic E-state index is 5.98. The summed E-state index contributed by atoms with van der Waals surface area (Å²) in [5.41, 5.74) is 0.0214. The standard InChI is InChI=1S/C11H23NO/c1-6-7-12-9-8-10(2,3)13-11(9,4)5/h9,12H,6-8H2,1-5H3/t9-/m0/s1. The van der Waals surface area contributed by atoms with Crippen molar-refractivity contribution in [2.45, 2.75) is 64.7 Å². The Hall–Kier alpha value is -0.0800. The van der Waals surface area contributed by atoms with E-state index < -0.39 is 0 Å². The zero-order valence-corrected chi connectivity index (χ0v) is 9.61. The van der Waals surface area contributed by atoms with Crippen LogP contribution in [0.4, 0.5) is 0 Å². The van der Waals surface area contributed by atoms with Crippen LogP contribution in [0.1, 0.15) is 47.5 Å². The largest absolute Gasteiger partial charge is 0.368 e. The van der Waals surface area contributed by atoms with Crippen molar-refractivity contribution in [3.8, 4) is 0 Å². The minimum Gasteiger partial charge on any atom is -0.368 e. The fourth-order valence-electron chi connectivity index (χ4n) is 2.20. The third-order valence-electron chi connectivity index (χ3n) is 2.71. The van der Waals surface area contributed by atoms with Crippen molar-refractivity contribution in [1.29, 1.82) is 0 Å². The first-order valence-corrected chi connectivity index (χ1v) is 5.31. The van der Waals surface area contributed by atoms with Gasteiger partial charge in [0.05, 0.1) is 11.2 Å². The first-order valence-electron chi connectivity index (χ1n) is 5.31. The summed E-state index contributed by atoms with van der Waals surface area (Å²) in [4.78, 5) is 0. The number of hydrogen-bond acceptors (Lipinski definition) is 2. The van der Waals surface area contributed by atoms with Gasteiger partial charge < -0.3 is 10.1 Å². The Morgan fingerprint density at radius 3 is 2.31 bits per heavy atom. The Morgan fingerprint density at radius 2 is 1.92 bits per heavy atom. The van der Waals surface area contributed by atoms with Crippen LogP contribution in [0, 0.1) is 0 Å². The first kappa shape index (κ1) is 11.0.